The molecule has 2 rings (SSSR count). The minimum atomic E-state index is -0.136. The first kappa shape index (κ1) is 13.6. The second-order valence-corrected chi connectivity index (χ2v) is 5.79. The number of hydrogen-bond donors (Lipinski definition) is 1. The van der Waals surface area contributed by atoms with Gasteiger partial charge in [-0.2, -0.15) is 0 Å². The fraction of sp³-hybridized carbons (Fsp3) is 0.625. The molecular formula is C16H25NO. The minimum absolute atomic E-state index is 0.109. The maximum Gasteiger partial charge on any atom is 0.119 e. The van der Waals surface area contributed by atoms with E-state index in [0.29, 0.717) is 6.04 Å². The van der Waals surface area contributed by atoms with Gasteiger partial charge in [0.2, 0.25) is 0 Å². The van der Waals surface area contributed by atoms with Gasteiger partial charge in [-0.15, -0.1) is 0 Å². The second kappa shape index (κ2) is 5.02. The van der Waals surface area contributed by atoms with Crippen LogP contribution in [0.5, 0.6) is 0 Å². The summed E-state index contributed by atoms with van der Waals surface area (Å²) in [6, 6.07) is 11.0. The highest BCUT2D eigenvalue weighted by Gasteiger charge is 2.48. The smallest absolute Gasteiger partial charge is 0.119 e. The minimum Gasteiger partial charge on any atom is -0.353 e. The molecule has 0 aromatic heterocycles. The van der Waals surface area contributed by atoms with E-state index >= 15 is 0 Å². The van der Waals surface area contributed by atoms with Crippen LogP contribution in [0.2, 0.25) is 0 Å². The average Bonchev–Trinajstić information content (AvgIpc) is 2.63. The third-order valence-corrected chi connectivity index (χ3v) is 4.16. The molecule has 0 aliphatic carbocycles. The molecule has 0 spiro atoms. The Labute approximate surface area is 111 Å². The van der Waals surface area contributed by atoms with Crippen molar-refractivity contribution in [2.24, 2.45) is 0 Å². The maximum atomic E-state index is 6.31. The molecule has 1 N–H and O–H groups in total. The Balaban J connectivity index is 2.14. The molecule has 0 bridgehead atoms. The fourth-order valence-corrected chi connectivity index (χ4v) is 2.84. The molecule has 1 atom stereocenters. The van der Waals surface area contributed by atoms with Gasteiger partial charge in [0, 0.05) is 6.04 Å². The zero-order valence-corrected chi connectivity index (χ0v) is 12.0. The largest absolute Gasteiger partial charge is 0.353 e. The summed E-state index contributed by atoms with van der Waals surface area (Å²) < 4.78 is 6.31. The Morgan fingerprint density at radius 3 is 2.22 bits per heavy atom. The first-order valence-corrected chi connectivity index (χ1v) is 7.03. The van der Waals surface area contributed by atoms with Crippen LogP contribution in [-0.4, -0.2) is 17.4 Å². The Hall–Kier alpha value is -0.860. The summed E-state index contributed by atoms with van der Waals surface area (Å²) in [6.45, 7) is 8.77. The lowest BCUT2D eigenvalue weighted by molar-refractivity contribution is -0.0976. The van der Waals surface area contributed by atoms with Gasteiger partial charge in [0.1, 0.15) is 5.72 Å². The molecule has 2 heteroatoms. The van der Waals surface area contributed by atoms with Crippen molar-refractivity contribution in [2.75, 3.05) is 0 Å². The fourth-order valence-electron chi connectivity index (χ4n) is 2.84. The van der Waals surface area contributed by atoms with Crippen LogP contribution in [0.4, 0.5) is 0 Å². The summed E-state index contributed by atoms with van der Waals surface area (Å²) in [4.78, 5) is 0. The summed E-state index contributed by atoms with van der Waals surface area (Å²) in [5.41, 5.74) is 1.12. The molecule has 1 heterocycles. The van der Waals surface area contributed by atoms with Gasteiger partial charge in [-0.1, -0.05) is 44.2 Å². The molecule has 2 nitrogen and oxygen atoms in total. The normalized spacial score (nSPS) is 25.2. The van der Waals surface area contributed by atoms with E-state index < -0.39 is 0 Å². The van der Waals surface area contributed by atoms with E-state index in [2.05, 4.69) is 63.3 Å². The molecule has 1 aromatic carbocycles. The lowest BCUT2D eigenvalue weighted by Crippen LogP contribution is -2.44. The van der Waals surface area contributed by atoms with Gasteiger partial charge in [0.15, 0.2) is 0 Å². The van der Waals surface area contributed by atoms with Crippen molar-refractivity contribution in [3.63, 3.8) is 0 Å². The predicted molar refractivity (Wildman–Crippen MR) is 75.5 cm³/mol. The highest BCUT2D eigenvalue weighted by Crippen LogP contribution is 2.36. The van der Waals surface area contributed by atoms with Crippen molar-refractivity contribution >= 4 is 0 Å². The summed E-state index contributed by atoms with van der Waals surface area (Å²) in [7, 11) is 0. The van der Waals surface area contributed by atoms with E-state index in [1.165, 1.54) is 5.56 Å². The van der Waals surface area contributed by atoms with E-state index in [9.17, 15) is 0 Å². The molecule has 1 aliphatic rings. The van der Waals surface area contributed by atoms with E-state index in [1.54, 1.807) is 0 Å². The van der Waals surface area contributed by atoms with E-state index in [1.807, 2.05) is 0 Å². The van der Waals surface area contributed by atoms with Crippen molar-refractivity contribution < 1.29 is 4.74 Å². The van der Waals surface area contributed by atoms with Crippen molar-refractivity contribution in [2.45, 2.75) is 64.3 Å². The predicted octanol–water partition coefficient (Wildman–Crippen LogP) is 3.51. The summed E-state index contributed by atoms with van der Waals surface area (Å²) in [5, 5.41) is 3.72. The molecule has 1 fully saturated rings. The van der Waals surface area contributed by atoms with Gasteiger partial charge < -0.3 is 4.74 Å². The van der Waals surface area contributed by atoms with Crippen LogP contribution in [-0.2, 0) is 11.2 Å². The van der Waals surface area contributed by atoms with E-state index in [0.717, 1.165) is 19.3 Å². The van der Waals surface area contributed by atoms with Gasteiger partial charge >= 0.3 is 0 Å². The van der Waals surface area contributed by atoms with Crippen LogP contribution >= 0.6 is 0 Å². The molecule has 18 heavy (non-hydrogen) atoms. The molecule has 100 valence electrons. The molecule has 1 unspecified atom stereocenters. The standard InChI is InChI=1S/C16H25NO/c1-5-16(6-2)17-14(15(3,4)18-16)12-13-10-8-7-9-11-13/h7-11,14,17H,5-6,12H2,1-4H3. The lowest BCUT2D eigenvalue weighted by Gasteiger charge is -2.28. The third-order valence-electron chi connectivity index (χ3n) is 4.16. The molecule has 1 saturated heterocycles. The second-order valence-electron chi connectivity index (χ2n) is 5.79. The summed E-state index contributed by atoms with van der Waals surface area (Å²) in [5.74, 6) is 0. The van der Waals surface area contributed by atoms with Crippen LogP contribution in [0, 0.1) is 0 Å². The van der Waals surface area contributed by atoms with Crippen LogP contribution in [0.3, 0.4) is 0 Å². The number of nitrogens with one attached hydrogen (secondary N) is 1. The molecular weight excluding hydrogens is 222 g/mol. The van der Waals surface area contributed by atoms with Crippen molar-refractivity contribution in [1.82, 2.24) is 5.32 Å². The molecule has 1 aromatic rings. The van der Waals surface area contributed by atoms with Gasteiger partial charge in [0.05, 0.1) is 5.60 Å². The van der Waals surface area contributed by atoms with Crippen molar-refractivity contribution in [1.29, 1.82) is 0 Å². The number of benzene rings is 1. The highest BCUT2D eigenvalue weighted by atomic mass is 16.6. The Morgan fingerprint density at radius 1 is 1.11 bits per heavy atom. The molecule has 0 radical (unpaired) electrons. The van der Waals surface area contributed by atoms with Crippen LogP contribution in [0.25, 0.3) is 0 Å². The van der Waals surface area contributed by atoms with Gasteiger partial charge in [0.25, 0.3) is 0 Å². The van der Waals surface area contributed by atoms with Crippen LogP contribution < -0.4 is 5.32 Å². The zero-order chi connectivity index (χ0) is 13.2. The molecule has 0 saturated carbocycles. The van der Waals surface area contributed by atoms with Crippen LogP contribution in [0.1, 0.15) is 46.1 Å². The lowest BCUT2D eigenvalue weighted by atomic mass is 9.93. The SMILES string of the molecule is CCC1(CC)NC(Cc2ccccc2)C(C)(C)O1. The highest BCUT2D eigenvalue weighted by molar-refractivity contribution is 5.18. The van der Waals surface area contributed by atoms with Crippen molar-refractivity contribution in [3.8, 4) is 0 Å². The maximum absolute atomic E-state index is 6.31. The molecule has 0 amide bonds. The van der Waals surface area contributed by atoms with E-state index in [-0.39, 0.29) is 11.3 Å². The number of rotatable bonds is 4. The monoisotopic (exact) mass is 247 g/mol. The first-order valence-electron chi connectivity index (χ1n) is 7.03. The first-order chi connectivity index (χ1) is 8.51. The average molecular weight is 247 g/mol. The number of ether oxygens (including phenoxy) is 1. The van der Waals surface area contributed by atoms with Crippen molar-refractivity contribution in [3.05, 3.63) is 35.9 Å². The van der Waals surface area contributed by atoms with E-state index in [4.69, 9.17) is 4.74 Å². The Morgan fingerprint density at radius 2 is 1.72 bits per heavy atom. The Kier molecular flexibility index (Phi) is 3.79. The van der Waals surface area contributed by atoms with Gasteiger partial charge in [-0.25, -0.2) is 0 Å². The van der Waals surface area contributed by atoms with Crippen LogP contribution in [0.15, 0.2) is 30.3 Å². The van der Waals surface area contributed by atoms with Gasteiger partial charge in [-0.05, 0) is 38.7 Å². The van der Waals surface area contributed by atoms with Gasteiger partial charge in [-0.3, -0.25) is 5.32 Å². The zero-order valence-electron chi connectivity index (χ0n) is 12.0. The topological polar surface area (TPSA) is 21.3 Å². The summed E-state index contributed by atoms with van der Waals surface area (Å²) in [6.07, 6.45) is 3.05. The Bertz CT molecular complexity index is 381. The number of hydrogen-bond acceptors (Lipinski definition) is 2. The summed E-state index contributed by atoms with van der Waals surface area (Å²) >= 11 is 0. The molecule has 1 aliphatic heterocycles. The third kappa shape index (κ3) is 2.60. The quantitative estimate of drug-likeness (QED) is 0.879.